The molecule has 1 aliphatic heterocycles. The van der Waals surface area contributed by atoms with Gasteiger partial charge < -0.3 is 10.3 Å². The van der Waals surface area contributed by atoms with E-state index in [9.17, 15) is 0 Å². The Hall–Kier alpha value is -0.800. The van der Waals surface area contributed by atoms with Gasteiger partial charge in [0.25, 0.3) is 0 Å². The molecule has 1 aliphatic rings. The number of aromatic nitrogens is 1. The number of aromatic amines is 1. The number of hydrogen-bond donors (Lipinski definition) is 2. The number of rotatable bonds is 2. The van der Waals surface area contributed by atoms with Crippen molar-refractivity contribution in [3.8, 4) is 0 Å². The smallest absolute Gasteiger partial charge is 0.0500 e. The standard InChI is InChI=1S/C14H17BrN2/c1-2-9-4-3-5-11-12(15)14(17-13(9)11)10-6-7-16-8-10/h3-5,10,16-17H,2,6-8H2,1H3. The molecule has 1 saturated heterocycles. The van der Waals surface area contributed by atoms with Crippen molar-refractivity contribution in [2.24, 2.45) is 0 Å². The van der Waals surface area contributed by atoms with Gasteiger partial charge in [-0.05, 0) is 40.9 Å². The summed E-state index contributed by atoms with van der Waals surface area (Å²) in [6.45, 7) is 4.43. The van der Waals surface area contributed by atoms with Crippen molar-refractivity contribution >= 4 is 26.8 Å². The number of halogens is 1. The average molecular weight is 293 g/mol. The molecule has 0 saturated carbocycles. The van der Waals surface area contributed by atoms with Gasteiger partial charge in [-0.2, -0.15) is 0 Å². The molecular formula is C14H17BrN2. The number of fused-ring (bicyclic) bond motifs is 1. The summed E-state index contributed by atoms with van der Waals surface area (Å²) in [6, 6.07) is 6.55. The quantitative estimate of drug-likeness (QED) is 0.870. The summed E-state index contributed by atoms with van der Waals surface area (Å²) in [7, 11) is 0. The van der Waals surface area contributed by atoms with E-state index >= 15 is 0 Å². The predicted molar refractivity (Wildman–Crippen MR) is 75.6 cm³/mol. The summed E-state index contributed by atoms with van der Waals surface area (Å²) in [6.07, 6.45) is 2.31. The van der Waals surface area contributed by atoms with Crippen LogP contribution in [0.25, 0.3) is 10.9 Å². The van der Waals surface area contributed by atoms with Gasteiger partial charge in [-0.15, -0.1) is 0 Å². The van der Waals surface area contributed by atoms with Gasteiger partial charge in [0.15, 0.2) is 0 Å². The maximum atomic E-state index is 3.77. The Morgan fingerprint density at radius 3 is 3.00 bits per heavy atom. The summed E-state index contributed by atoms with van der Waals surface area (Å²) in [5.74, 6) is 0.626. The van der Waals surface area contributed by atoms with E-state index in [0.717, 1.165) is 19.5 Å². The van der Waals surface area contributed by atoms with Crippen LogP contribution in [0.15, 0.2) is 22.7 Å². The topological polar surface area (TPSA) is 27.8 Å². The van der Waals surface area contributed by atoms with Crippen LogP contribution in [0.5, 0.6) is 0 Å². The number of benzene rings is 1. The molecule has 2 nitrogen and oxygen atoms in total. The Balaban J connectivity index is 2.16. The van der Waals surface area contributed by atoms with Gasteiger partial charge >= 0.3 is 0 Å². The largest absolute Gasteiger partial charge is 0.357 e. The van der Waals surface area contributed by atoms with Crippen LogP contribution >= 0.6 is 15.9 Å². The van der Waals surface area contributed by atoms with Gasteiger partial charge in [-0.1, -0.05) is 25.1 Å². The Morgan fingerprint density at radius 1 is 1.41 bits per heavy atom. The minimum absolute atomic E-state index is 0.626. The van der Waals surface area contributed by atoms with Crippen molar-refractivity contribution in [3.63, 3.8) is 0 Å². The molecule has 90 valence electrons. The van der Waals surface area contributed by atoms with E-state index in [1.165, 1.54) is 33.1 Å². The highest BCUT2D eigenvalue weighted by atomic mass is 79.9. The van der Waals surface area contributed by atoms with E-state index in [1.807, 2.05) is 0 Å². The van der Waals surface area contributed by atoms with Gasteiger partial charge in [0.05, 0.1) is 0 Å². The molecule has 1 atom stereocenters. The lowest BCUT2D eigenvalue weighted by molar-refractivity contribution is 0.739. The third-order valence-corrected chi connectivity index (χ3v) is 4.59. The first-order chi connectivity index (χ1) is 8.31. The predicted octanol–water partition coefficient (Wildman–Crippen LogP) is 3.57. The van der Waals surface area contributed by atoms with Crippen molar-refractivity contribution < 1.29 is 0 Å². The first-order valence-corrected chi connectivity index (χ1v) is 7.10. The lowest BCUT2D eigenvalue weighted by Gasteiger charge is -2.06. The van der Waals surface area contributed by atoms with Gasteiger partial charge in [-0.3, -0.25) is 0 Å². The van der Waals surface area contributed by atoms with Crippen LogP contribution in [0.3, 0.4) is 0 Å². The molecule has 1 fully saturated rings. The SMILES string of the molecule is CCc1cccc2c(Br)c(C3CCNC3)[nH]c12. The zero-order valence-corrected chi connectivity index (χ0v) is 11.6. The van der Waals surface area contributed by atoms with Gasteiger partial charge in [0, 0.05) is 33.5 Å². The highest BCUT2D eigenvalue weighted by Crippen LogP contribution is 2.36. The molecule has 1 aromatic heterocycles. The molecule has 2 N–H and O–H groups in total. The maximum Gasteiger partial charge on any atom is 0.0500 e. The Morgan fingerprint density at radius 2 is 2.29 bits per heavy atom. The monoisotopic (exact) mass is 292 g/mol. The third kappa shape index (κ3) is 1.81. The molecule has 0 bridgehead atoms. The Kier molecular flexibility index (Phi) is 2.97. The molecular weight excluding hydrogens is 276 g/mol. The molecule has 0 radical (unpaired) electrons. The Bertz CT molecular complexity index is 538. The van der Waals surface area contributed by atoms with E-state index in [-0.39, 0.29) is 0 Å². The van der Waals surface area contributed by atoms with E-state index in [0.29, 0.717) is 5.92 Å². The second-order valence-electron chi connectivity index (χ2n) is 4.74. The van der Waals surface area contributed by atoms with Crippen LogP contribution in [-0.4, -0.2) is 18.1 Å². The van der Waals surface area contributed by atoms with E-state index in [2.05, 4.69) is 51.4 Å². The van der Waals surface area contributed by atoms with Crippen molar-refractivity contribution in [2.75, 3.05) is 13.1 Å². The molecule has 3 heteroatoms. The van der Waals surface area contributed by atoms with Crippen LogP contribution < -0.4 is 5.32 Å². The summed E-state index contributed by atoms with van der Waals surface area (Å²) in [4.78, 5) is 3.64. The van der Waals surface area contributed by atoms with Crippen LogP contribution in [0, 0.1) is 0 Å². The van der Waals surface area contributed by atoms with Gasteiger partial charge in [0.2, 0.25) is 0 Å². The minimum Gasteiger partial charge on any atom is -0.357 e. The normalized spacial score (nSPS) is 20.2. The Labute approximate surface area is 110 Å². The fraction of sp³-hybridized carbons (Fsp3) is 0.429. The van der Waals surface area contributed by atoms with Crippen molar-refractivity contribution in [2.45, 2.75) is 25.7 Å². The lowest BCUT2D eigenvalue weighted by Crippen LogP contribution is -2.08. The fourth-order valence-corrected chi connectivity index (χ4v) is 3.50. The highest BCUT2D eigenvalue weighted by molar-refractivity contribution is 9.10. The van der Waals surface area contributed by atoms with Crippen LogP contribution in [0.4, 0.5) is 0 Å². The average Bonchev–Trinajstić information content (AvgIpc) is 2.97. The van der Waals surface area contributed by atoms with Crippen LogP contribution in [-0.2, 0) is 6.42 Å². The summed E-state index contributed by atoms with van der Waals surface area (Å²) in [5, 5.41) is 4.76. The zero-order chi connectivity index (χ0) is 11.8. The third-order valence-electron chi connectivity index (χ3n) is 3.73. The molecule has 1 unspecified atom stereocenters. The fourth-order valence-electron chi connectivity index (χ4n) is 2.74. The minimum atomic E-state index is 0.626. The van der Waals surface area contributed by atoms with E-state index in [1.54, 1.807) is 0 Å². The summed E-state index contributed by atoms with van der Waals surface area (Å²) in [5.41, 5.74) is 4.08. The van der Waals surface area contributed by atoms with Crippen molar-refractivity contribution in [1.82, 2.24) is 10.3 Å². The molecule has 3 rings (SSSR count). The molecule has 0 spiro atoms. The number of nitrogens with one attached hydrogen (secondary N) is 2. The molecule has 17 heavy (non-hydrogen) atoms. The molecule has 0 amide bonds. The van der Waals surface area contributed by atoms with Crippen molar-refractivity contribution in [1.29, 1.82) is 0 Å². The number of aryl methyl sites for hydroxylation is 1. The van der Waals surface area contributed by atoms with Crippen LogP contribution in [0.2, 0.25) is 0 Å². The molecule has 0 aliphatic carbocycles. The second-order valence-corrected chi connectivity index (χ2v) is 5.53. The van der Waals surface area contributed by atoms with Gasteiger partial charge in [0.1, 0.15) is 0 Å². The first-order valence-electron chi connectivity index (χ1n) is 6.31. The maximum absolute atomic E-state index is 3.77. The highest BCUT2D eigenvalue weighted by Gasteiger charge is 2.22. The number of hydrogen-bond acceptors (Lipinski definition) is 1. The van der Waals surface area contributed by atoms with Crippen LogP contribution in [0.1, 0.15) is 30.5 Å². The number of para-hydroxylation sites is 1. The second kappa shape index (κ2) is 4.46. The van der Waals surface area contributed by atoms with Gasteiger partial charge in [-0.25, -0.2) is 0 Å². The first kappa shape index (κ1) is 11.3. The molecule has 2 heterocycles. The molecule has 2 aromatic rings. The summed E-state index contributed by atoms with van der Waals surface area (Å²) >= 11 is 3.77. The van der Waals surface area contributed by atoms with E-state index in [4.69, 9.17) is 0 Å². The zero-order valence-electron chi connectivity index (χ0n) is 10.0. The van der Waals surface area contributed by atoms with Crippen molar-refractivity contribution in [3.05, 3.63) is 33.9 Å². The molecule has 1 aromatic carbocycles. The lowest BCUT2D eigenvalue weighted by atomic mass is 10.0. The number of H-pyrrole nitrogens is 1. The summed E-state index contributed by atoms with van der Waals surface area (Å²) < 4.78 is 1.26. The van der Waals surface area contributed by atoms with E-state index < -0.39 is 0 Å².